The van der Waals surface area contributed by atoms with Crippen molar-refractivity contribution < 1.29 is 19.2 Å². The Morgan fingerprint density at radius 2 is 2.20 bits per heavy atom. The molecule has 0 radical (unpaired) electrons. The number of carbonyl (C=O) groups is 1. The number of hydrogen-bond acceptors (Lipinski definition) is 5. The molecule has 0 unspecified atom stereocenters. The second kappa shape index (κ2) is 4.33. The van der Waals surface area contributed by atoms with E-state index in [1.807, 2.05) is 0 Å². The molecule has 0 aromatic heterocycles. The number of nitrogens with zero attached hydrogens (tertiary/aromatic N) is 1. The number of esters is 1. The number of hydrogen-bond donors (Lipinski definition) is 0. The summed E-state index contributed by atoms with van der Waals surface area (Å²) < 4.78 is 10.4. The summed E-state index contributed by atoms with van der Waals surface area (Å²) in [4.78, 5) is 23.3. The van der Waals surface area contributed by atoms with Gasteiger partial charge >= 0.3 is 11.5 Å². The standard InChI is InChI=1S/C14H13NO5/c1-19-9-6-7-14(15(17)18)11(8-9)10-4-2-3-5-12(10)20-13(14)16/h2-6,11H,7-8H2,1H3/t11-,14+/m0/s1. The fourth-order valence-corrected chi connectivity index (χ4v) is 2.95. The Hall–Kier alpha value is -2.37. The Labute approximate surface area is 115 Å². The zero-order valence-corrected chi connectivity index (χ0v) is 10.9. The van der Waals surface area contributed by atoms with E-state index in [0.717, 1.165) is 0 Å². The Bertz CT molecular complexity index is 624. The quantitative estimate of drug-likeness (QED) is 0.357. The number of rotatable bonds is 2. The van der Waals surface area contributed by atoms with Crippen LogP contribution in [0.5, 0.6) is 5.75 Å². The van der Waals surface area contributed by atoms with Gasteiger partial charge in [-0.05, 0) is 12.1 Å². The summed E-state index contributed by atoms with van der Waals surface area (Å²) in [7, 11) is 1.53. The molecule has 104 valence electrons. The number of methoxy groups -OCH3 is 1. The van der Waals surface area contributed by atoms with Gasteiger partial charge in [0.15, 0.2) is 0 Å². The van der Waals surface area contributed by atoms with Crippen LogP contribution in [0.3, 0.4) is 0 Å². The van der Waals surface area contributed by atoms with Crippen molar-refractivity contribution >= 4 is 5.97 Å². The van der Waals surface area contributed by atoms with Crippen LogP contribution in [-0.4, -0.2) is 23.5 Å². The van der Waals surface area contributed by atoms with Gasteiger partial charge in [-0.1, -0.05) is 18.2 Å². The van der Waals surface area contributed by atoms with Gasteiger partial charge in [0.1, 0.15) is 5.75 Å². The maximum absolute atomic E-state index is 12.2. The van der Waals surface area contributed by atoms with Gasteiger partial charge < -0.3 is 9.47 Å². The molecular weight excluding hydrogens is 262 g/mol. The normalized spacial score (nSPS) is 27.8. The van der Waals surface area contributed by atoms with Crippen LogP contribution in [0.2, 0.25) is 0 Å². The van der Waals surface area contributed by atoms with Gasteiger partial charge in [-0.25, -0.2) is 4.79 Å². The lowest BCUT2D eigenvalue weighted by Crippen LogP contribution is -2.56. The topological polar surface area (TPSA) is 78.7 Å². The van der Waals surface area contributed by atoms with E-state index < -0.39 is 22.3 Å². The van der Waals surface area contributed by atoms with Crippen LogP contribution >= 0.6 is 0 Å². The Morgan fingerprint density at radius 3 is 2.90 bits per heavy atom. The van der Waals surface area contributed by atoms with Crippen molar-refractivity contribution in [1.29, 1.82) is 0 Å². The molecule has 1 aliphatic heterocycles. The molecule has 1 aromatic rings. The zero-order valence-electron chi connectivity index (χ0n) is 10.9. The minimum absolute atomic E-state index is 0.0129. The lowest BCUT2D eigenvalue weighted by Gasteiger charge is -2.37. The smallest absolute Gasteiger partial charge is 0.391 e. The summed E-state index contributed by atoms with van der Waals surface area (Å²) in [6.45, 7) is 0. The number of nitro groups is 1. The Morgan fingerprint density at radius 1 is 1.45 bits per heavy atom. The fourth-order valence-electron chi connectivity index (χ4n) is 2.95. The van der Waals surface area contributed by atoms with E-state index in [-0.39, 0.29) is 6.42 Å². The van der Waals surface area contributed by atoms with E-state index in [0.29, 0.717) is 23.5 Å². The van der Waals surface area contributed by atoms with E-state index in [1.165, 1.54) is 7.11 Å². The van der Waals surface area contributed by atoms with Crippen molar-refractivity contribution in [1.82, 2.24) is 0 Å². The van der Waals surface area contributed by atoms with E-state index in [2.05, 4.69) is 0 Å². The first-order valence-corrected chi connectivity index (χ1v) is 6.28. The van der Waals surface area contributed by atoms with Gasteiger partial charge in [0, 0.05) is 16.9 Å². The number of allylic oxidation sites excluding steroid dienone is 1. The van der Waals surface area contributed by atoms with Gasteiger partial charge in [0.25, 0.3) is 0 Å². The molecule has 1 aromatic carbocycles. The van der Waals surface area contributed by atoms with Crippen LogP contribution < -0.4 is 4.74 Å². The van der Waals surface area contributed by atoms with Crippen LogP contribution in [0.4, 0.5) is 0 Å². The van der Waals surface area contributed by atoms with Crippen molar-refractivity contribution in [3.05, 3.63) is 51.8 Å². The number of carbonyl (C=O) groups excluding carboxylic acids is 1. The van der Waals surface area contributed by atoms with Crippen LogP contribution in [0, 0.1) is 10.1 Å². The number of benzene rings is 1. The largest absolute Gasteiger partial charge is 0.501 e. The van der Waals surface area contributed by atoms with E-state index in [1.54, 1.807) is 30.3 Å². The lowest BCUT2D eigenvalue weighted by atomic mass is 9.70. The molecule has 2 aliphatic rings. The average molecular weight is 275 g/mol. The first-order valence-electron chi connectivity index (χ1n) is 6.28. The maximum Gasteiger partial charge on any atom is 0.391 e. The summed E-state index contributed by atoms with van der Waals surface area (Å²) in [5.41, 5.74) is -1.05. The van der Waals surface area contributed by atoms with Crippen LogP contribution in [0.25, 0.3) is 0 Å². The second-order valence-electron chi connectivity index (χ2n) is 4.94. The predicted molar refractivity (Wildman–Crippen MR) is 68.9 cm³/mol. The summed E-state index contributed by atoms with van der Waals surface area (Å²) >= 11 is 0. The zero-order chi connectivity index (χ0) is 14.3. The molecule has 3 rings (SSSR count). The third-order valence-corrected chi connectivity index (χ3v) is 4.06. The SMILES string of the molecule is COC1=CC[C@]2([N+](=O)[O-])C(=O)Oc3ccccc3[C@@H]2C1. The molecule has 0 saturated carbocycles. The summed E-state index contributed by atoms with van der Waals surface area (Å²) in [5.74, 6) is -0.290. The highest BCUT2D eigenvalue weighted by atomic mass is 16.6. The first-order chi connectivity index (χ1) is 9.59. The van der Waals surface area contributed by atoms with Crippen molar-refractivity contribution in [2.75, 3.05) is 7.11 Å². The molecule has 0 N–H and O–H groups in total. The predicted octanol–water partition coefficient (Wildman–Crippen LogP) is 2.03. The van der Waals surface area contributed by atoms with Gasteiger partial charge in [-0.3, -0.25) is 10.1 Å². The van der Waals surface area contributed by atoms with Crippen molar-refractivity contribution in [2.24, 2.45) is 0 Å². The molecule has 2 atom stereocenters. The highest BCUT2D eigenvalue weighted by Crippen LogP contribution is 2.49. The van der Waals surface area contributed by atoms with Gasteiger partial charge in [0.2, 0.25) is 0 Å². The molecule has 1 aliphatic carbocycles. The molecule has 0 bridgehead atoms. The average Bonchev–Trinajstić information content (AvgIpc) is 2.46. The Balaban J connectivity index is 2.19. The van der Waals surface area contributed by atoms with Gasteiger partial charge in [-0.2, -0.15) is 0 Å². The molecule has 0 amide bonds. The van der Waals surface area contributed by atoms with Crippen molar-refractivity contribution in [3.8, 4) is 5.75 Å². The first kappa shape index (κ1) is 12.7. The van der Waals surface area contributed by atoms with Gasteiger partial charge in [0.05, 0.1) is 25.2 Å². The summed E-state index contributed by atoms with van der Waals surface area (Å²) in [6.07, 6.45) is 1.92. The fraction of sp³-hybridized carbons (Fsp3) is 0.357. The minimum atomic E-state index is -1.74. The molecule has 20 heavy (non-hydrogen) atoms. The van der Waals surface area contributed by atoms with Gasteiger partial charge in [-0.15, -0.1) is 0 Å². The van der Waals surface area contributed by atoms with Crippen LogP contribution in [-0.2, 0) is 9.53 Å². The highest BCUT2D eigenvalue weighted by molar-refractivity contribution is 5.86. The maximum atomic E-state index is 12.2. The monoisotopic (exact) mass is 275 g/mol. The second-order valence-corrected chi connectivity index (χ2v) is 4.94. The minimum Gasteiger partial charge on any atom is -0.501 e. The molecule has 6 heteroatoms. The molecule has 0 spiro atoms. The molecule has 0 fully saturated rings. The number of ether oxygens (including phenoxy) is 2. The number of fused-ring (bicyclic) bond motifs is 3. The number of para-hydroxylation sites is 1. The molecule has 0 saturated heterocycles. The third kappa shape index (κ3) is 1.54. The van der Waals surface area contributed by atoms with E-state index >= 15 is 0 Å². The summed E-state index contributed by atoms with van der Waals surface area (Å²) in [5, 5.41) is 11.6. The highest BCUT2D eigenvalue weighted by Gasteiger charge is 2.63. The van der Waals surface area contributed by atoms with Crippen molar-refractivity contribution in [3.63, 3.8) is 0 Å². The van der Waals surface area contributed by atoms with E-state index in [9.17, 15) is 14.9 Å². The molecular formula is C14H13NO5. The lowest BCUT2D eigenvalue weighted by molar-refractivity contribution is -0.560. The van der Waals surface area contributed by atoms with Crippen molar-refractivity contribution in [2.45, 2.75) is 24.3 Å². The molecule has 6 nitrogen and oxygen atoms in total. The van der Waals surface area contributed by atoms with E-state index in [4.69, 9.17) is 9.47 Å². The Kier molecular flexibility index (Phi) is 2.74. The summed E-state index contributed by atoms with van der Waals surface area (Å²) in [6, 6.07) is 6.94. The van der Waals surface area contributed by atoms with Crippen LogP contribution in [0.1, 0.15) is 24.3 Å². The third-order valence-electron chi connectivity index (χ3n) is 4.06. The molecule has 1 heterocycles. The van der Waals surface area contributed by atoms with Crippen LogP contribution in [0.15, 0.2) is 36.1 Å².